The second-order valence-electron chi connectivity index (χ2n) is 6.32. The number of hydrogen-bond donors (Lipinski definition) is 0. The smallest absolute Gasteiger partial charge is 0.339 e. The van der Waals surface area contributed by atoms with Crippen LogP contribution in [-0.2, 0) is 16.1 Å². The lowest BCUT2D eigenvalue weighted by atomic mass is 9.94. The van der Waals surface area contributed by atoms with Crippen LogP contribution in [0.2, 0.25) is 0 Å². The molecule has 1 aliphatic rings. The number of fused-ring (bicyclic) bond motifs is 1. The molecule has 0 fully saturated rings. The Morgan fingerprint density at radius 2 is 1.68 bits per heavy atom. The van der Waals surface area contributed by atoms with Crippen molar-refractivity contribution in [1.29, 1.82) is 0 Å². The number of methoxy groups -OCH3 is 2. The van der Waals surface area contributed by atoms with Crippen LogP contribution in [-0.4, -0.2) is 20.2 Å². The summed E-state index contributed by atoms with van der Waals surface area (Å²) in [5, 5.41) is 0. The molecular weight excluding hydrogens is 316 g/mol. The van der Waals surface area contributed by atoms with Crippen LogP contribution in [0.25, 0.3) is 11.6 Å². The summed E-state index contributed by atoms with van der Waals surface area (Å²) in [6.07, 6.45) is 1.86. The van der Waals surface area contributed by atoms with Crippen LogP contribution >= 0.6 is 0 Å². The third-order valence-electron chi connectivity index (χ3n) is 4.39. The van der Waals surface area contributed by atoms with Gasteiger partial charge in [0.25, 0.3) is 0 Å². The molecular formula is C21H22O4. The Labute approximate surface area is 148 Å². The summed E-state index contributed by atoms with van der Waals surface area (Å²) < 4.78 is 16.0. The van der Waals surface area contributed by atoms with Crippen LogP contribution in [0.1, 0.15) is 42.0 Å². The van der Waals surface area contributed by atoms with E-state index in [0.717, 1.165) is 16.7 Å². The fraction of sp³-hybridized carbons (Fsp3) is 0.286. The molecule has 3 rings (SSSR count). The normalized spacial score (nSPS) is 15.1. The van der Waals surface area contributed by atoms with Crippen molar-refractivity contribution < 1.29 is 19.0 Å². The Morgan fingerprint density at radius 1 is 1.04 bits per heavy atom. The molecule has 0 amide bonds. The van der Waals surface area contributed by atoms with E-state index < -0.39 is 0 Å². The van der Waals surface area contributed by atoms with Gasteiger partial charge in [-0.3, -0.25) is 0 Å². The van der Waals surface area contributed by atoms with E-state index in [1.165, 1.54) is 5.56 Å². The minimum Gasteiger partial charge on any atom is -0.493 e. The minimum atomic E-state index is -0.326. The zero-order chi connectivity index (χ0) is 18.0. The largest absolute Gasteiger partial charge is 0.493 e. The lowest BCUT2D eigenvalue weighted by Crippen LogP contribution is -2.15. The monoisotopic (exact) mass is 338 g/mol. The first kappa shape index (κ1) is 17.1. The third kappa shape index (κ3) is 3.38. The molecule has 4 heteroatoms. The molecule has 0 saturated carbocycles. The van der Waals surface area contributed by atoms with Crippen molar-refractivity contribution in [2.75, 3.05) is 14.2 Å². The number of hydrogen-bond acceptors (Lipinski definition) is 4. The van der Waals surface area contributed by atoms with Gasteiger partial charge in [0.2, 0.25) is 0 Å². The van der Waals surface area contributed by atoms with Gasteiger partial charge in [0.05, 0.1) is 19.8 Å². The maximum Gasteiger partial charge on any atom is 0.339 e. The summed E-state index contributed by atoms with van der Waals surface area (Å²) >= 11 is 0. The maximum atomic E-state index is 12.3. The quantitative estimate of drug-likeness (QED) is 0.611. The lowest BCUT2D eigenvalue weighted by Gasteiger charge is -2.21. The molecule has 0 spiro atoms. The predicted octanol–water partition coefficient (Wildman–Crippen LogP) is 4.42. The molecule has 0 aliphatic carbocycles. The summed E-state index contributed by atoms with van der Waals surface area (Å²) in [6, 6.07) is 11.9. The van der Waals surface area contributed by atoms with Gasteiger partial charge in [0.15, 0.2) is 11.5 Å². The van der Waals surface area contributed by atoms with Crippen molar-refractivity contribution in [3.05, 3.63) is 58.7 Å². The lowest BCUT2D eigenvalue weighted by molar-refractivity contribution is -0.138. The fourth-order valence-corrected chi connectivity index (χ4v) is 2.90. The van der Waals surface area contributed by atoms with Gasteiger partial charge < -0.3 is 14.2 Å². The van der Waals surface area contributed by atoms with Gasteiger partial charge in [-0.2, -0.15) is 0 Å². The number of cyclic esters (lactones) is 1. The number of ether oxygens (including phenoxy) is 3. The van der Waals surface area contributed by atoms with E-state index in [1.807, 2.05) is 30.3 Å². The van der Waals surface area contributed by atoms with E-state index in [9.17, 15) is 4.79 Å². The number of benzene rings is 2. The van der Waals surface area contributed by atoms with Crippen LogP contribution in [0.15, 0.2) is 36.4 Å². The summed E-state index contributed by atoms with van der Waals surface area (Å²) in [6.45, 7) is 4.54. The molecule has 25 heavy (non-hydrogen) atoms. The van der Waals surface area contributed by atoms with Crippen molar-refractivity contribution in [2.45, 2.75) is 26.4 Å². The number of esters is 1. The summed E-state index contributed by atoms with van der Waals surface area (Å²) in [7, 11) is 3.17. The maximum absolute atomic E-state index is 12.3. The Balaban J connectivity index is 2.06. The van der Waals surface area contributed by atoms with Crippen molar-refractivity contribution in [2.24, 2.45) is 0 Å². The highest BCUT2D eigenvalue weighted by atomic mass is 16.5. The first-order valence-corrected chi connectivity index (χ1v) is 8.27. The molecule has 130 valence electrons. The minimum absolute atomic E-state index is 0.234. The van der Waals surface area contributed by atoms with Gasteiger partial charge >= 0.3 is 5.97 Å². The highest BCUT2D eigenvalue weighted by molar-refractivity contribution is 6.22. The van der Waals surface area contributed by atoms with Gasteiger partial charge in [0, 0.05) is 5.56 Å². The van der Waals surface area contributed by atoms with Gasteiger partial charge in [-0.15, -0.1) is 0 Å². The zero-order valence-corrected chi connectivity index (χ0v) is 15.0. The average Bonchev–Trinajstić information content (AvgIpc) is 2.63. The van der Waals surface area contributed by atoms with Crippen LogP contribution in [0.4, 0.5) is 0 Å². The van der Waals surface area contributed by atoms with Gasteiger partial charge in [0.1, 0.15) is 6.61 Å². The van der Waals surface area contributed by atoms with Gasteiger partial charge in [-0.25, -0.2) is 4.79 Å². The van der Waals surface area contributed by atoms with Crippen molar-refractivity contribution in [3.63, 3.8) is 0 Å². The van der Waals surface area contributed by atoms with Crippen LogP contribution in [0.3, 0.4) is 0 Å². The fourth-order valence-electron chi connectivity index (χ4n) is 2.90. The molecule has 1 aliphatic heterocycles. The highest BCUT2D eigenvalue weighted by Gasteiger charge is 2.25. The van der Waals surface area contributed by atoms with E-state index in [2.05, 4.69) is 26.0 Å². The zero-order valence-electron chi connectivity index (χ0n) is 15.0. The Morgan fingerprint density at radius 3 is 2.28 bits per heavy atom. The second kappa shape index (κ2) is 7.01. The van der Waals surface area contributed by atoms with Crippen LogP contribution < -0.4 is 9.47 Å². The topological polar surface area (TPSA) is 44.8 Å². The highest BCUT2D eigenvalue weighted by Crippen LogP contribution is 2.37. The molecule has 0 saturated heterocycles. The van der Waals surface area contributed by atoms with E-state index in [4.69, 9.17) is 14.2 Å². The molecule has 2 aromatic rings. The number of rotatable bonds is 4. The molecule has 1 heterocycles. The summed E-state index contributed by atoms with van der Waals surface area (Å²) in [4.78, 5) is 12.3. The Bertz CT molecular complexity index is 817. The SMILES string of the molecule is COc1cc2c(cc1OC)/C(=C\c1ccc(C(C)C)cc1)C(=O)OC2. The molecule has 0 aromatic heterocycles. The van der Waals surface area contributed by atoms with Crippen LogP contribution in [0, 0.1) is 0 Å². The molecule has 4 nitrogen and oxygen atoms in total. The predicted molar refractivity (Wildman–Crippen MR) is 97.7 cm³/mol. The van der Waals surface area contributed by atoms with Gasteiger partial charge in [-0.1, -0.05) is 38.1 Å². The molecule has 0 unspecified atom stereocenters. The van der Waals surface area contributed by atoms with Gasteiger partial charge in [-0.05, 0) is 40.8 Å². The van der Waals surface area contributed by atoms with Crippen molar-refractivity contribution >= 4 is 17.6 Å². The summed E-state index contributed by atoms with van der Waals surface area (Å²) in [5.41, 5.74) is 4.47. The van der Waals surface area contributed by atoms with Crippen molar-refractivity contribution in [1.82, 2.24) is 0 Å². The van der Waals surface area contributed by atoms with Crippen LogP contribution in [0.5, 0.6) is 11.5 Å². The average molecular weight is 338 g/mol. The molecule has 0 N–H and O–H groups in total. The van der Waals surface area contributed by atoms with E-state index in [0.29, 0.717) is 23.0 Å². The molecule has 0 radical (unpaired) electrons. The molecule has 0 atom stereocenters. The Kier molecular flexibility index (Phi) is 4.79. The van der Waals surface area contributed by atoms with E-state index >= 15 is 0 Å². The van der Waals surface area contributed by atoms with E-state index in [1.54, 1.807) is 14.2 Å². The first-order chi connectivity index (χ1) is 12.0. The molecule has 2 aromatic carbocycles. The summed E-state index contributed by atoms with van der Waals surface area (Å²) in [5.74, 6) is 1.36. The van der Waals surface area contributed by atoms with Crippen molar-refractivity contribution in [3.8, 4) is 11.5 Å². The Hall–Kier alpha value is -2.75. The first-order valence-electron chi connectivity index (χ1n) is 8.27. The number of carbonyl (C=O) groups excluding carboxylic acids is 1. The number of carbonyl (C=O) groups is 1. The standard InChI is InChI=1S/C21H22O4/c1-13(2)15-7-5-14(6-8-15)9-18-17-11-20(24-4)19(23-3)10-16(17)12-25-21(18)22/h5-11,13H,12H2,1-4H3/b18-9+. The molecule has 0 bridgehead atoms. The van der Waals surface area contributed by atoms with E-state index in [-0.39, 0.29) is 12.6 Å². The second-order valence-corrected chi connectivity index (χ2v) is 6.32. The third-order valence-corrected chi connectivity index (χ3v) is 4.39.